The largest absolute Gasteiger partial charge is 0.330 e. The molecule has 0 unspecified atom stereocenters. The number of thioether (sulfide) groups is 1. The van der Waals surface area contributed by atoms with Gasteiger partial charge in [-0.25, -0.2) is 0 Å². The summed E-state index contributed by atoms with van der Waals surface area (Å²) >= 11 is 1.64. The van der Waals surface area contributed by atoms with Crippen LogP contribution in [-0.2, 0) is 9.59 Å². The van der Waals surface area contributed by atoms with Crippen molar-refractivity contribution in [1.82, 2.24) is 14.8 Å². The van der Waals surface area contributed by atoms with Crippen molar-refractivity contribution in [1.29, 1.82) is 0 Å². The summed E-state index contributed by atoms with van der Waals surface area (Å²) in [6.07, 6.45) is 7.09. The molecule has 0 bridgehead atoms. The van der Waals surface area contributed by atoms with Crippen molar-refractivity contribution in [2.45, 2.75) is 44.8 Å². The lowest BCUT2D eigenvalue weighted by molar-refractivity contribution is -0.143. The fraction of sp³-hybridized carbons (Fsp3) is 0.500. The Morgan fingerprint density at radius 1 is 1.42 bits per heavy atom. The van der Waals surface area contributed by atoms with Gasteiger partial charge in [-0.3, -0.25) is 14.6 Å². The van der Waals surface area contributed by atoms with E-state index in [1.54, 1.807) is 28.9 Å². The molecule has 5 nitrogen and oxygen atoms in total. The average Bonchev–Trinajstić information content (AvgIpc) is 3.30. The molecule has 2 aliphatic rings. The van der Waals surface area contributed by atoms with Gasteiger partial charge in [-0.05, 0) is 44.9 Å². The van der Waals surface area contributed by atoms with Gasteiger partial charge in [-0.15, -0.1) is 11.8 Å². The maximum absolute atomic E-state index is 13.2. The Morgan fingerprint density at radius 2 is 2.21 bits per heavy atom. The maximum atomic E-state index is 13.2. The van der Waals surface area contributed by atoms with E-state index >= 15 is 0 Å². The third kappa shape index (κ3) is 3.48. The van der Waals surface area contributed by atoms with Crippen LogP contribution in [0.25, 0.3) is 0 Å². The molecule has 3 rings (SSSR count). The predicted octanol–water partition coefficient (Wildman–Crippen LogP) is 2.61. The van der Waals surface area contributed by atoms with Crippen LogP contribution >= 0.6 is 11.8 Å². The summed E-state index contributed by atoms with van der Waals surface area (Å²) in [5.74, 6) is 1.22. The molecule has 2 atom stereocenters. The van der Waals surface area contributed by atoms with Gasteiger partial charge in [0.15, 0.2) is 0 Å². The Bertz CT molecular complexity index is 630. The highest BCUT2D eigenvalue weighted by atomic mass is 32.2. The molecule has 1 aromatic rings. The van der Waals surface area contributed by atoms with Crippen molar-refractivity contribution >= 4 is 23.6 Å². The zero-order valence-corrected chi connectivity index (χ0v) is 14.9. The number of hydrogen-bond donors (Lipinski definition) is 0. The van der Waals surface area contributed by atoms with E-state index < -0.39 is 0 Å². The molecular formula is C18H23N3O2S. The number of hydrogen-bond acceptors (Lipinski definition) is 4. The molecule has 2 amide bonds. The minimum Gasteiger partial charge on any atom is -0.330 e. The topological polar surface area (TPSA) is 53.5 Å². The summed E-state index contributed by atoms with van der Waals surface area (Å²) < 4.78 is 0. The Labute approximate surface area is 147 Å². The summed E-state index contributed by atoms with van der Waals surface area (Å²) in [6.45, 7) is 3.84. The number of pyridine rings is 1. The zero-order chi connectivity index (χ0) is 17.1. The first-order valence-corrected chi connectivity index (χ1v) is 9.53. The van der Waals surface area contributed by atoms with Crippen LogP contribution in [0, 0.1) is 0 Å². The van der Waals surface area contributed by atoms with Gasteiger partial charge in [0.2, 0.25) is 11.8 Å². The first kappa shape index (κ1) is 17.0. The van der Waals surface area contributed by atoms with Crippen molar-refractivity contribution in [2.24, 2.45) is 0 Å². The van der Waals surface area contributed by atoms with E-state index in [9.17, 15) is 9.59 Å². The van der Waals surface area contributed by atoms with Gasteiger partial charge in [0.1, 0.15) is 6.04 Å². The van der Waals surface area contributed by atoms with Crippen LogP contribution in [0.1, 0.15) is 38.4 Å². The third-order valence-electron chi connectivity index (χ3n) is 4.49. The first-order valence-electron chi connectivity index (χ1n) is 8.37. The molecule has 0 spiro atoms. The number of carbonyl (C=O) groups excluding carboxylic acids is 2. The number of aromatic nitrogens is 1. The van der Waals surface area contributed by atoms with Gasteiger partial charge in [0, 0.05) is 18.0 Å². The second kappa shape index (κ2) is 7.38. The van der Waals surface area contributed by atoms with Crippen molar-refractivity contribution in [3.63, 3.8) is 0 Å². The fourth-order valence-electron chi connectivity index (χ4n) is 3.08. The van der Waals surface area contributed by atoms with Crippen LogP contribution in [-0.4, -0.2) is 50.3 Å². The molecule has 1 aliphatic heterocycles. The molecular weight excluding hydrogens is 322 g/mol. The molecule has 2 fully saturated rings. The normalized spacial score (nSPS) is 21.9. The lowest BCUT2D eigenvalue weighted by atomic mass is 10.1. The van der Waals surface area contributed by atoms with Crippen LogP contribution in [0.4, 0.5) is 0 Å². The summed E-state index contributed by atoms with van der Waals surface area (Å²) in [4.78, 5) is 33.5. The molecule has 1 aromatic heterocycles. The van der Waals surface area contributed by atoms with E-state index in [0.29, 0.717) is 11.6 Å². The molecule has 24 heavy (non-hydrogen) atoms. The Kier molecular flexibility index (Phi) is 5.23. The number of carbonyl (C=O) groups is 2. The number of amides is 2. The summed E-state index contributed by atoms with van der Waals surface area (Å²) in [7, 11) is 0. The van der Waals surface area contributed by atoms with Crippen LogP contribution in [0.15, 0.2) is 36.5 Å². The van der Waals surface area contributed by atoms with Crippen molar-refractivity contribution in [3.8, 4) is 0 Å². The van der Waals surface area contributed by atoms with Crippen LogP contribution in [0.5, 0.6) is 0 Å². The van der Waals surface area contributed by atoms with Crippen LogP contribution in [0.2, 0.25) is 0 Å². The number of nitrogens with zero attached hydrogens (tertiary/aromatic N) is 3. The average molecular weight is 345 g/mol. The van der Waals surface area contributed by atoms with Gasteiger partial charge in [0.25, 0.3) is 0 Å². The summed E-state index contributed by atoms with van der Waals surface area (Å²) in [6, 6.07) is 5.62. The van der Waals surface area contributed by atoms with Gasteiger partial charge in [-0.2, -0.15) is 0 Å². The molecule has 1 saturated carbocycles. The maximum Gasteiger partial charge on any atom is 0.247 e. The molecule has 1 aliphatic carbocycles. The highest BCUT2D eigenvalue weighted by molar-refractivity contribution is 7.99. The van der Waals surface area contributed by atoms with E-state index in [1.165, 1.54) is 6.08 Å². The van der Waals surface area contributed by atoms with E-state index in [0.717, 1.165) is 18.5 Å². The first-order chi connectivity index (χ1) is 11.6. The van der Waals surface area contributed by atoms with Crippen molar-refractivity contribution in [3.05, 3.63) is 42.2 Å². The minimum absolute atomic E-state index is 0.0542. The minimum atomic E-state index is -0.370. The Hall–Kier alpha value is -1.82. The van der Waals surface area contributed by atoms with Crippen LogP contribution in [0.3, 0.4) is 0 Å². The second-order valence-corrected chi connectivity index (χ2v) is 7.23. The molecule has 0 aromatic carbocycles. The van der Waals surface area contributed by atoms with Gasteiger partial charge in [0.05, 0.1) is 17.6 Å². The van der Waals surface area contributed by atoms with Crippen LogP contribution < -0.4 is 0 Å². The number of rotatable bonds is 5. The summed E-state index contributed by atoms with van der Waals surface area (Å²) in [5.41, 5.74) is 0.898. The highest BCUT2D eigenvalue weighted by Crippen LogP contribution is 2.36. The Balaban J connectivity index is 1.81. The molecule has 1 saturated heterocycles. The lowest BCUT2D eigenvalue weighted by Crippen LogP contribution is -2.50. The van der Waals surface area contributed by atoms with Gasteiger partial charge < -0.3 is 9.80 Å². The van der Waals surface area contributed by atoms with Crippen molar-refractivity contribution < 1.29 is 9.59 Å². The second-order valence-electron chi connectivity index (χ2n) is 6.23. The predicted molar refractivity (Wildman–Crippen MR) is 95.3 cm³/mol. The smallest absolute Gasteiger partial charge is 0.247 e. The van der Waals surface area contributed by atoms with E-state index in [-0.39, 0.29) is 29.9 Å². The molecule has 0 N–H and O–H groups in total. The van der Waals surface area contributed by atoms with Gasteiger partial charge in [-0.1, -0.05) is 12.1 Å². The summed E-state index contributed by atoms with van der Waals surface area (Å²) in [5, 5.41) is 0. The third-order valence-corrected chi connectivity index (χ3v) is 5.50. The molecule has 0 radical (unpaired) electrons. The highest BCUT2D eigenvalue weighted by Gasteiger charge is 2.43. The van der Waals surface area contributed by atoms with E-state index in [4.69, 9.17) is 0 Å². The van der Waals surface area contributed by atoms with E-state index in [1.807, 2.05) is 36.9 Å². The molecule has 6 heteroatoms. The fourth-order valence-corrected chi connectivity index (χ4v) is 4.24. The SMILES string of the molecule is C/C=C/C(=O)N1CSC[C@@H]1C(=O)N(C1CC1)[C@@H](C)c1ccccn1. The van der Waals surface area contributed by atoms with E-state index in [2.05, 4.69) is 4.98 Å². The standard InChI is InChI=1S/C18H23N3O2S/c1-3-6-17(22)20-12-24-11-16(20)18(23)21(14-8-9-14)13(2)15-7-4-5-10-19-15/h3-7,10,13-14,16H,8-9,11-12H2,1-2H3/b6-3+/t13-,16+/m0/s1. The quantitative estimate of drug-likeness (QED) is 0.770. The zero-order valence-electron chi connectivity index (χ0n) is 14.1. The Morgan fingerprint density at radius 3 is 2.83 bits per heavy atom. The van der Waals surface area contributed by atoms with Gasteiger partial charge >= 0.3 is 0 Å². The van der Waals surface area contributed by atoms with Crippen molar-refractivity contribution in [2.75, 3.05) is 11.6 Å². The lowest BCUT2D eigenvalue weighted by Gasteiger charge is -2.33. The monoisotopic (exact) mass is 345 g/mol. The molecule has 128 valence electrons. The number of allylic oxidation sites excluding steroid dienone is 1. The molecule has 2 heterocycles.